The quantitative estimate of drug-likeness (QED) is 0.151. The molecule has 2 heteroatoms. The summed E-state index contributed by atoms with van der Waals surface area (Å²) >= 11 is 0. The first-order valence-corrected chi connectivity index (χ1v) is 24.0. The van der Waals surface area contributed by atoms with Gasteiger partial charge in [-0.25, -0.2) is 0 Å². The lowest BCUT2D eigenvalue weighted by Crippen LogP contribution is -2.72. The zero-order valence-corrected chi connectivity index (χ0v) is 36.7. The van der Waals surface area contributed by atoms with Gasteiger partial charge in [-0.2, -0.15) is 0 Å². The van der Waals surface area contributed by atoms with Gasteiger partial charge in [-0.05, 0) is 130 Å². The van der Waals surface area contributed by atoms with E-state index in [2.05, 4.69) is 245 Å². The first kappa shape index (κ1) is 36.8. The van der Waals surface area contributed by atoms with Crippen LogP contribution in [0.5, 0.6) is 0 Å². The van der Waals surface area contributed by atoms with E-state index in [0.29, 0.717) is 0 Å². The minimum atomic E-state index is -2.73. The Labute approximate surface area is 366 Å². The van der Waals surface area contributed by atoms with Crippen molar-refractivity contribution in [2.45, 2.75) is 38.5 Å². The normalized spacial score (nSPS) is 15.2. The summed E-state index contributed by atoms with van der Waals surface area (Å²) in [5.41, 5.74) is 19.3. The van der Waals surface area contributed by atoms with Gasteiger partial charge in [0.05, 0.1) is 0 Å². The minimum absolute atomic E-state index is 0.0725. The molecule has 0 fully saturated rings. The van der Waals surface area contributed by atoms with Crippen molar-refractivity contribution in [3.63, 3.8) is 0 Å². The molecule has 0 N–H and O–H groups in total. The molecular weight excluding hydrogens is 763 g/mol. The highest BCUT2D eigenvalue weighted by Crippen LogP contribution is 2.52. The summed E-state index contributed by atoms with van der Waals surface area (Å²) in [7, 11) is -2.73. The fourth-order valence-electron chi connectivity index (χ4n) is 11.6. The van der Waals surface area contributed by atoms with Gasteiger partial charge in [0, 0.05) is 27.9 Å². The molecule has 2 aliphatic carbocycles. The van der Waals surface area contributed by atoms with Crippen LogP contribution < -0.4 is 25.6 Å². The SMILES string of the molecule is CC1(C)c2ccccc2-c2ccc(-c3cccc(N(c4cccc([Si]5(c6ccccc6)c6ccccc6-c6ccccc65)c4)c4ccc5c(c4)C(C)(C)c4ccccc4-5)c3)cc21. The van der Waals surface area contributed by atoms with Crippen LogP contribution in [0.2, 0.25) is 0 Å². The van der Waals surface area contributed by atoms with Gasteiger partial charge in [0.25, 0.3) is 0 Å². The number of benzene rings is 9. The van der Waals surface area contributed by atoms with Gasteiger partial charge in [0.15, 0.2) is 8.07 Å². The summed E-state index contributed by atoms with van der Waals surface area (Å²) in [6, 6.07) is 80.6. The highest BCUT2D eigenvalue weighted by atomic mass is 28.3. The Bertz CT molecular complexity index is 3220. The summed E-state index contributed by atoms with van der Waals surface area (Å²) in [5, 5.41) is 5.70. The molecule has 0 spiro atoms. The number of rotatable bonds is 6. The van der Waals surface area contributed by atoms with E-state index >= 15 is 0 Å². The standard InChI is InChI=1S/C60H47NSi/c1-59(2)53-28-12-8-24-47(53)49-34-32-41(37-55(49)59)40-18-16-19-42(36-40)61(44-33-35-50-48-25-9-13-29-54(48)60(3,4)56(50)39-44)43-20-17-23-46(38-43)62(45-21-6-5-7-22-45)57-30-14-10-26-51(57)52-27-11-15-31-58(52)62/h5-39H,1-4H3. The van der Waals surface area contributed by atoms with E-state index in [1.54, 1.807) is 0 Å². The van der Waals surface area contributed by atoms with E-state index in [0.717, 1.165) is 17.1 Å². The largest absolute Gasteiger partial charge is 0.310 e. The van der Waals surface area contributed by atoms with Crippen LogP contribution in [0.4, 0.5) is 17.1 Å². The Balaban J connectivity index is 1.07. The highest BCUT2D eigenvalue weighted by molar-refractivity contribution is 7.22. The molecular formula is C60H47NSi. The number of hydrogen-bond acceptors (Lipinski definition) is 1. The van der Waals surface area contributed by atoms with Crippen molar-refractivity contribution in [2.24, 2.45) is 0 Å². The average Bonchev–Trinajstić information content (AvgIpc) is 3.84. The zero-order chi connectivity index (χ0) is 41.8. The van der Waals surface area contributed by atoms with Gasteiger partial charge in [0.2, 0.25) is 0 Å². The van der Waals surface area contributed by atoms with Crippen LogP contribution in [0.15, 0.2) is 212 Å². The van der Waals surface area contributed by atoms with Crippen molar-refractivity contribution in [1.82, 2.24) is 0 Å². The Hall–Kier alpha value is -7.00. The summed E-state index contributed by atoms with van der Waals surface area (Å²) in [6.07, 6.45) is 0. The Morgan fingerprint density at radius 2 is 0.758 bits per heavy atom. The second-order valence-corrected chi connectivity index (χ2v) is 22.2. The van der Waals surface area contributed by atoms with E-state index in [1.807, 2.05) is 0 Å². The molecule has 12 rings (SSSR count). The molecule has 0 unspecified atom stereocenters. The maximum Gasteiger partial charge on any atom is 0.180 e. The minimum Gasteiger partial charge on any atom is -0.310 e. The molecule has 1 nitrogen and oxygen atoms in total. The summed E-state index contributed by atoms with van der Waals surface area (Å²) in [5.74, 6) is 0. The summed E-state index contributed by atoms with van der Waals surface area (Å²) in [6.45, 7) is 9.50. The predicted molar refractivity (Wildman–Crippen MR) is 264 cm³/mol. The third-order valence-electron chi connectivity index (χ3n) is 14.5. The van der Waals surface area contributed by atoms with Crippen LogP contribution >= 0.6 is 0 Å². The Kier molecular flexibility index (Phi) is 8.02. The predicted octanol–water partition coefficient (Wildman–Crippen LogP) is 12.8. The first-order chi connectivity index (χ1) is 30.3. The van der Waals surface area contributed by atoms with Crippen LogP contribution in [-0.4, -0.2) is 8.07 Å². The van der Waals surface area contributed by atoms with E-state index in [9.17, 15) is 0 Å². The van der Waals surface area contributed by atoms with Crippen LogP contribution in [0.1, 0.15) is 49.9 Å². The Morgan fingerprint density at radius 1 is 0.306 bits per heavy atom. The van der Waals surface area contributed by atoms with Crippen LogP contribution in [0.3, 0.4) is 0 Å². The monoisotopic (exact) mass is 809 g/mol. The zero-order valence-electron chi connectivity index (χ0n) is 35.7. The van der Waals surface area contributed by atoms with Gasteiger partial charge in [-0.3, -0.25) is 0 Å². The highest BCUT2D eigenvalue weighted by Gasteiger charge is 2.48. The summed E-state index contributed by atoms with van der Waals surface area (Å²) in [4.78, 5) is 2.51. The molecule has 1 heterocycles. The molecule has 0 bridgehead atoms. The van der Waals surface area contributed by atoms with Crippen LogP contribution in [-0.2, 0) is 10.8 Å². The van der Waals surface area contributed by atoms with E-state index < -0.39 is 8.07 Å². The van der Waals surface area contributed by atoms with E-state index in [4.69, 9.17) is 0 Å². The third kappa shape index (κ3) is 5.14. The molecule has 9 aromatic carbocycles. The molecule has 3 aliphatic rings. The molecule has 296 valence electrons. The van der Waals surface area contributed by atoms with Crippen LogP contribution in [0, 0.1) is 0 Å². The molecule has 62 heavy (non-hydrogen) atoms. The fourth-order valence-corrected chi connectivity index (χ4v) is 16.8. The van der Waals surface area contributed by atoms with Crippen LogP contribution in [0.25, 0.3) is 44.5 Å². The van der Waals surface area contributed by atoms with Gasteiger partial charge < -0.3 is 4.90 Å². The van der Waals surface area contributed by atoms with Gasteiger partial charge in [-0.1, -0.05) is 198 Å². The molecule has 0 atom stereocenters. The van der Waals surface area contributed by atoms with Crippen molar-refractivity contribution in [1.29, 1.82) is 0 Å². The number of anilines is 3. The lowest BCUT2D eigenvalue weighted by molar-refractivity contribution is 0.660. The smallest absolute Gasteiger partial charge is 0.180 e. The second kappa shape index (κ2) is 13.5. The lowest BCUT2D eigenvalue weighted by atomic mass is 9.81. The van der Waals surface area contributed by atoms with Gasteiger partial charge >= 0.3 is 0 Å². The third-order valence-corrected chi connectivity index (χ3v) is 19.4. The molecule has 0 aromatic heterocycles. The maximum atomic E-state index is 2.52. The van der Waals surface area contributed by atoms with Crippen molar-refractivity contribution in [3.05, 3.63) is 235 Å². The number of hydrogen-bond donors (Lipinski definition) is 0. The number of fused-ring (bicyclic) bond motifs is 9. The molecule has 9 aromatic rings. The van der Waals surface area contributed by atoms with Gasteiger partial charge in [0.1, 0.15) is 0 Å². The van der Waals surface area contributed by atoms with Crippen molar-refractivity contribution >= 4 is 45.9 Å². The Morgan fingerprint density at radius 3 is 1.40 bits per heavy atom. The van der Waals surface area contributed by atoms with Crippen molar-refractivity contribution in [3.8, 4) is 44.5 Å². The lowest BCUT2D eigenvalue weighted by Gasteiger charge is -2.33. The van der Waals surface area contributed by atoms with Crippen molar-refractivity contribution < 1.29 is 0 Å². The topological polar surface area (TPSA) is 3.24 Å². The molecule has 0 radical (unpaired) electrons. The second-order valence-electron chi connectivity index (χ2n) is 18.5. The van der Waals surface area contributed by atoms with E-state index in [1.165, 1.54) is 87.5 Å². The molecule has 0 amide bonds. The van der Waals surface area contributed by atoms with E-state index in [-0.39, 0.29) is 10.8 Å². The summed E-state index contributed by atoms with van der Waals surface area (Å²) < 4.78 is 0. The first-order valence-electron chi connectivity index (χ1n) is 22.0. The fraction of sp³-hybridized carbons (Fsp3) is 0.100. The number of nitrogens with zero attached hydrogens (tertiary/aromatic N) is 1. The van der Waals surface area contributed by atoms with Crippen molar-refractivity contribution in [2.75, 3.05) is 4.90 Å². The molecule has 1 aliphatic heterocycles. The van der Waals surface area contributed by atoms with Gasteiger partial charge in [-0.15, -0.1) is 0 Å². The molecule has 0 saturated carbocycles. The average molecular weight is 810 g/mol. The molecule has 0 saturated heterocycles. The maximum absolute atomic E-state index is 2.73.